The maximum atomic E-state index is 13.5. The summed E-state index contributed by atoms with van der Waals surface area (Å²) in [7, 11) is 0. The Morgan fingerprint density at radius 2 is 2.00 bits per heavy atom. The van der Waals surface area contributed by atoms with Crippen molar-refractivity contribution in [3.63, 3.8) is 0 Å². The molecule has 0 aromatic heterocycles. The third-order valence-corrected chi connectivity index (χ3v) is 3.11. The quantitative estimate of drug-likeness (QED) is 0.689. The molecule has 0 spiro atoms. The first-order chi connectivity index (χ1) is 9.88. The van der Waals surface area contributed by atoms with Crippen LogP contribution in [0, 0.1) is 22.9 Å². The lowest BCUT2D eigenvalue weighted by atomic mass is 10.1. The van der Waals surface area contributed by atoms with Gasteiger partial charge in [0.1, 0.15) is 0 Å². The van der Waals surface area contributed by atoms with Crippen LogP contribution in [0.5, 0.6) is 0 Å². The van der Waals surface area contributed by atoms with Gasteiger partial charge in [-0.1, -0.05) is 17.7 Å². The molecule has 0 aliphatic carbocycles. The van der Waals surface area contributed by atoms with E-state index in [2.05, 4.69) is 5.32 Å². The Morgan fingerprint density at radius 1 is 1.29 bits per heavy atom. The van der Waals surface area contributed by atoms with Crippen molar-refractivity contribution in [2.45, 2.75) is 6.92 Å². The minimum Gasteiger partial charge on any atom is -0.321 e. The van der Waals surface area contributed by atoms with Crippen molar-refractivity contribution in [2.75, 3.05) is 5.32 Å². The first-order valence-corrected chi connectivity index (χ1v) is 6.27. The number of hydrogen-bond donors (Lipinski definition) is 1. The molecule has 0 radical (unpaired) electrons. The van der Waals surface area contributed by atoms with Crippen molar-refractivity contribution in [1.82, 2.24) is 0 Å². The Labute approximate surface area is 124 Å². The van der Waals surface area contributed by atoms with Gasteiger partial charge in [-0.25, -0.2) is 0 Å². The molecular weight excluding hydrogens is 299 g/mol. The Bertz CT molecular complexity index is 734. The molecule has 0 atom stereocenters. The molecule has 1 amide bonds. The average Bonchev–Trinajstić information content (AvgIpc) is 2.42. The lowest BCUT2D eigenvalue weighted by Gasteiger charge is -2.08. The summed E-state index contributed by atoms with van der Waals surface area (Å²) < 4.78 is 13.5. The van der Waals surface area contributed by atoms with E-state index in [9.17, 15) is 19.3 Å². The van der Waals surface area contributed by atoms with Crippen LogP contribution in [0.3, 0.4) is 0 Å². The van der Waals surface area contributed by atoms with Crippen molar-refractivity contribution in [3.05, 3.63) is 68.5 Å². The topological polar surface area (TPSA) is 72.2 Å². The number of nitrogens with one attached hydrogen (secondary N) is 1. The second-order valence-electron chi connectivity index (χ2n) is 4.36. The van der Waals surface area contributed by atoms with Gasteiger partial charge >= 0.3 is 5.69 Å². The molecule has 2 rings (SSSR count). The Morgan fingerprint density at radius 3 is 2.62 bits per heavy atom. The molecule has 108 valence electrons. The van der Waals surface area contributed by atoms with Crippen LogP contribution in [0.4, 0.5) is 15.8 Å². The van der Waals surface area contributed by atoms with E-state index in [1.165, 1.54) is 6.07 Å². The summed E-state index contributed by atoms with van der Waals surface area (Å²) in [6.45, 7) is 1.83. The number of anilines is 1. The van der Waals surface area contributed by atoms with Gasteiger partial charge in [0, 0.05) is 11.6 Å². The number of amides is 1. The highest BCUT2D eigenvalue weighted by molar-refractivity contribution is 6.34. The smallest absolute Gasteiger partial charge is 0.304 e. The fourth-order valence-corrected chi connectivity index (χ4v) is 1.89. The molecule has 0 aliphatic rings. The molecule has 2 aromatic rings. The molecule has 1 N–H and O–H groups in total. The average molecular weight is 309 g/mol. The maximum Gasteiger partial charge on any atom is 0.304 e. The van der Waals surface area contributed by atoms with Gasteiger partial charge in [-0.2, -0.15) is 4.39 Å². The highest BCUT2D eigenvalue weighted by Gasteiger charge is 2.17. The Hall–Kier alpha value is -2.47. The minimum absolute atomic E-state index is 0.0318. The number of nitro groups is 1. The molecule has 0 saturated carbocycles. The van der Waals surface area contributed by atoms with Gasteiger partial charge < -0.3 is 5.32 Å². The van der Waals surface area contributed by atoms with Crippen molar-refractivity contribution in [2.24, 2.45) is 0 Å². The summed E-state index contributed by atoms with van der Waals surface area (Å²) in [4.78, 5) is 21.7. The third kappa shape index (κ3) is 3.35. The lowest BCUT2D eigenvalue weighted by Crippen LogP contribution is -2.13. The summed E-state index contributed by atoms with van der Waals surface area (Å²) in [6.07, 6.45) is 0. The molecule has 0 saturated heterocycles. The van der Waals surface area contributed by atoms with Crippen LogP contribution >= 0.6 is 11.6 Å². The van der Waals surface area contributed by atoms with Crippen LogP contribution in [-0.2, 0) is 0 Å². The monoisotopic (exact) mass is 308 g/mol. The molecule has 0 heterocycles. The number of halogens is 2. The summed E-state index contributed by atoms with van der Waals surface area (Å²) in [5, 5.41) is 13.4. The highest BCUT2D eigenvalue weighted by Crippen LogP contribution is 2.24. The van der Waals surface area contributed by atoms with E-state index >= 15 is 0 Å². The largest absolute Gasteiger partial charge is 0.321 e. The van der Waals surface area contributed by atoms with Crippen LogP contribution in [-0.4, -0.2) is 10.8 Å². The number of rotatable bonds is 3. The second kappa shape index (κ2) is 5.88. The number of hydrogen-bond acceptors (Lipinski definition) is 3. The zero-order valence-corrected chi connectivity index (χ0v) is 11.6. The SMILES string of the molecule is Cc1ccc(Cl)c(NC(=O)c2ccc([N+](=O)[O-])c(F)c2)c1. The minimum atomic E-state index is -1.07. The number of nitro benzene ring substituents is 1. The standard InChI is InChI=1S/C14H10ClFN2O3/c1-8-2-4-10(15)12(6-8)17-14(19)9-3-5-13(18(20)21)11(16)7-9/h2-7H,1H3,(H,17,19). The normalized spacial score (nSPS) is 10.2. The predicted molar refractivity (Wildman–Crippen MR) is 77.2 cm³/mol. The molecule has 5 nitrogen and oxygen atoms in total. The first-order valence-electron chi connectivity index (χ1n) is 5.90. The van der Waals surface area contributed by atoms with Gasteiger partial charge in [0.25, 0.3) is 5.91 Å². The van der Waals surface area contributed by atoms with Gasteiger partial charge in [-0.3, -0.25) is 14.9 Å². The van der Waals surface area contributed by atoms with Crippen LogP contribution in [0.2, 0.25) is 5.02 Å². The number of aryl methyl sites for hydroxylation is 1. The van der Waals surface area contributed by atoms with Crippen LogP contribution in [0.1, 0.15) is 15.9 Å². The molecule has 2 aromatic carbocycles. The van der Waals surface area contributed by atoms with E-state index in [-0.39, 0.29) is 5.56 Å². The fraction of sp³-hybridized carbons (Fsp3) is 0.0714. The van der Waals surface area contributed by atoms with E-state index < -0.39 is 22.3 Å². The predicted octanol–water partition coefficient (Wildman–Crippen LogP) is 3.95. The van der Waals surface area contributed by atoms with Crippen molar-refractivity contribution < 1.29 is 14.1 Å². The van der Waals surface area contributed by atoms with Gasteiger partial charge in [0.15, 0.2) is 0 Å². The van der Waals surface area contributed by atoms with Crippen LogP contribution in [0.15, 0.2) is 36.4 Å². The zero-order chi connectivity index (χ0) is 15.6. The molecule has 0 aliphatic heterocycles. The van der Waals surface area contributed by atoms with Gasteiger partial charge in [0.2, 0.25) is 5.82 Å². The molecule has 0 unspecified atom stereocenters. The molecule has 21 heavy (non-hydrogen) atoms. The Balaban J connectivity index is 2.26. The van der Waals surface area contributed by atoms with Crippen molar-refractivity contribution >= 4 is 28.9 Å². The van der Waals surface area contributed by atoms with E-state index in [0.717, 1.165) is 17.7 Å². The summed E-state index contributed by atoms with van der Waals surface area (Å²) in [5.74, 6) is -1.67. The number of nitrogens with zero attached hydrogens (tertiary/aromatic N) is 1. The highest BCUT2D eigenvalue weighted by atomic mass is 35.5. The number of carbonyl (C=O) groups excluding carboxylic acids is 1. The fourth-order valence-electron chi connectivity index (χ4n) is 1.73. The number of carbonyl (C=O) groups is 1. The van der Waals surface area contributed by atoms with Gasteiger partial charge in [-0.05, 0) is 36.8 Å². The lowest BCUT2D eigenvalue weighted by molar-refractivity contribution is -0.387. The summed E-state index contributed by atoms with van der Waals surface area (Å²) >= 11 is 5.95. The molecule has 0 fully saturated rings. The van der Waals surface area contributed by atoms with E-state index in [0.29, 0.717) is 10.7 Å². The van der Waals surface area contributed by atoms with E-state index in [1.54, 1.807) is 18.2 Å². The van der Waals surface area contributed by atoms with Crippen molar-refractivity contribution in [1.29, 1.82) is 0 Å². The zero-order valence-electron chi connectivity index (χ0n) is 10.9. The van der Waals surface area contributed by atoms with Crippen LogP contribution < -0.4 is 5.32 Å². The first kappa shape index (κ1) is 14.9. The molecular formula is C14H10ClFN2O3. The van der Waals surface area contributed by atoms with Crippen LogP contribution in [0.25, 0.3) is 0 Å². The molecule has 0 bridgehead atoms. The van der Waals surface area contributed by atoms with E-state index in [1.807, 2.05) is 6.92 Å². The Kier molecular flexibility index (Phi) is 4.18. The second-order valence-corrected chi connectivity index (χ2v) is 4.77. The van der Waals surface area contributed by atoms with Gasteiger partial charge in [-0.15, -0.1) is 0 Å². The third-order valence-electron chi connectivity index (χ3n) is 2.78. The van der Waals surface area contributed by atoms with Gasteiger partial charge in [0.05, 0.1) is 15.6 Å². The van der Waals surface area contributed by atoms with E-state index in [4.69, 9.17) is 11.6 Å². The van der Waals surface area contributed by atoms with Crippen molar-refractivity contribution in [3.8, 4) is 0 Å². The molecule has 7 heteroatoms. The summed E-state index contributed by atoms with van der Waals surface area (Å²) in [5.41, 5.74) is 0.570. The number of benzene rings is 2. The maximum absolute atomic E-state index is 13.5. The summed E-state index contributed by atoms with van der Waals surface area (Å²) in [6, 6.07) is 8.02.